The van der Waals surface area contributed by atoms with E-state index in [1.807, 2.05) is 5.38 Å². The fourth-order valence-corrected chi connectivity index (χ4v) is 5.38. The summed E-state index contributed by atoms with van der Waals surface area (Å²) in [5.41, 5.74) is 2.08. The first kappa shape index (κ1) is 21.8. The molecule has 0 bridgehead atoms. The Labute approximate surface area is 196 Å². The Morgan fingerprint density at radius 1 is 1.18 bits per heavy atom. The Morgan fingerprint density at radius 3 is 2.85 bits per heavy atom. The summed E-state index contributed by atoms with van der Waals surface area (Å²) in [6, 6.07) is 6.38. The van der Waals surface area contributed by atoms with Crippen molar-refractivity contribution in [3.8, 4) is 0 Å². The second-order valence-electron chi connectivity index (χ2n) is 8.21. The molecule has 0 radical (unpaired) electrons. The average molecular weight is 470 g/mol. The number of hydrogen-bond donors (Lipinski definition) is 0. The lowest BCUT2D eigenvalue weighted by Gasteiger charge is -2.36. The maximum absolute atomic E-state index is 11.9. The Hall–Kier alpha value is -2.98. The van der Waals surface area contributed by atoms with E-state index >= 15 is 0 Å². The molecule has 2 atom stereocenters. The van der Waals surface area contributed by atoms with Crippen molar-refractivity contribution in [3.05, 3.63) is 41.1 Å². The Kier molecular flexibility index (Phi) is 6.54. The van der Waals surface area contributed by atoms with Gasteiger partial charge in [-0.05, 0) is 31.0 Å². The summed E-state index contributed by atoms with van der Waals surface area (Å²) in [6.07, 6.45) is 4.14. The first-order chi connectivity index (χ1) is 16.2. The summed E-state index contributed by atoms with van der Waals surface area (Å²) in [5.74, 6) is 0.996. The van der Waals surface area contributed by atoms with Crippen LogP contribution in [0.15, 0.2) is 36.1 Å². The van der Waals surface area contributed by atoms with Crippen LogP contribution in [-0.2, 0) is 14.2 Å². The van der Waals surface area contributed by atoms with Crippen molar-refractivity contribution in [2.45, 2.75) is 18.9 Å². The topological polar surface area (TPSA) is 89.9 Å². The number of nitrogens with zero attached hydrogens (tertiary/aromatic N) is 5. The number of methoxy groups -OCH3 is 1. The number of piperidine rings is 1. The molecule has 2 saturated heterocycles. The van der Waals surface area contributed by atoms with Crippen molar-refractivity contribution < 1.29 is 19.0 Å². The second-order valence-corrected chi connectivity index (χ2v) is 9.14. The van der Waals surface area contributed by atoms with E-state index in [1.165, 1.54) is 18.4 Å². The highest BCUT2D eigenvalue weighted by atomic mass is 32.1. The van der Waals surface area contributed by atoms with Crippen LogP contribution in [0, 0.1) is 5.92 Å². The van der Waals surface area contributed by atoms with E-state index in [1.54, 1.807) is 12.5 Å². The van der Waals surface area contributed by atoms with Crippen LogP contribution in [0.5, 0.6) is 0 Å². The van der Waals surface area contributed by atoms with Crippen LogP contribution < -0.4 is 9.80 Å². The average Bonchev–Trinajstić information content (AvgIpc) is 3.41. The van der Waals surface area contributed by atoms with E-state index < -0.39 is 12.3 Å². The van der Waals surface area contributed by atoms with E-state index in [0.29, 0.717) is 6.54 Å². The largest absolute Gasteiger partial charge is 0.508 e. The zero-order chi connectivity index (χ0) is 22.6. The smallest absolute Gasteiger partial charge is 0.438 e. The van der Waals surface area contributed by atoms with Gasteiger partial charge in [0.25, 0.3) is 0 Å². The van der Waals surface area contributed by atoms with E-state index in [2.05, 4.69) is 43.0 Å². The Balaban J connectivity index is 1.40. The quantitative estimate of drug-likeness (QED) is 0.519. The SMILES string of the molecule is COC(=O)OC(c1nccs1)C1CCCN(c2ncnc3cc(N4CCOCC4)ccc23)C1. The molecule has 0 saturated carbocycles. The lowest BCUT2D eigenvalue weighted by atomic mass is 9.92. The highest BCUT2D eigenvalue weighted by Crippen LogP contribution is 2.37. The van der Waals surface area contributed by atoms with Gasteiger partial charge in [-0.1, -0.05) is 0 Å². The minimum Gasteiger partial charge on any atom is -0.438 e. The van der Waals surface area contributed by atoms with Gasteiger partial charge in [0.05, 0.1) is 25.8 Å². The van der Waals surface area contributed by atoms with Gasteiger partial charge in [0.1, 0.15) is 17.2 Å². The van der Waals surface area contributed by atoms with E-state index in [-0.39, 0.29) is 5.92 Å². The maximum atomic E-state index is 11.9. The van der Waals surface area contributed by atoms with E-state index in [0.717, 1.165) is 73.1 Å². The lowest BCUT2D eigenvalue weighted by Crippen LogP contribution is -2.39. The van der Waals surface area contributed by atoms with Crippen molar-refractivity contribution in [1.29, 1.82) is 0 Å². The fraction of sp³-hybridized carbons (Fsp3) is 0.478. The Bertz CT molecular complexity index is 1090. The number of hydrogen-bond acceptors (Lipinski definition) is 10. The summed E-state index contributed by atoms with van der Waals surface area (Å²) in [6.45, 7) is 4.85. The summed E-state index contributed by atoms with van der Waals surface area (Å²) in [5, 5.41) is 3.71. The number of carbonyl (C=O) groups excluding carboxylic acids is 1. The summed E-state index contributed by atoms with van der Waals surface area (Å²) in [7, 11) is 1.33. The van der Waals surface area contributed by atoms with Crippen LogP contribution in [0.3, 0.4) is 0 Å². The minimum atomic E-state index is -0.685. The zero-order valence-corrected chi connectivity index (χ0v) is 19.4. The number of carbonyl (C=O) groups is 1. The molecule has 0 aliphatic carbocycles. The molecule has 0 amide bonds. The second kappa shape index (κ2) is 9.88. The molecular formula is C23H27N5O4S. The highest BCUT2D eigenvalue weighted by Gasteiger charge is 2.34. The van der Waals surface area contributed by atoms with Crippen LogP contribution in [0.4, 0.5) is 16.3 Å². The molecule has 9 nitrogen and oxygen atoms in total. The molecule has 1 aromatic carbocycles. The number of rotatable bonds is 5. The number of morpholine rings is 1. The number of fused-ring (bicyclic) bond motifs is 1. The van der Waals surface area contributed by atoms with Gasteiger partial charge in [-0.3, -0.25) is 0 Å². The molecule has 3 aromatic rings. The van der Waals surface area contributed by atoms with Gasteiger partial charge >= 0.3 is 6.16 Å². The third-order valence-electron chi connectivity index (χ3n) is 6.25. The Morgan fingerprint density at radius 2 is 2.06 bits per heavy atom. The molecule has 5 rings (SSSR count). The van der Waals surface area contributed by atoms with E-state index in [9.17, 15) is 4.79 Å². The number of thiazole rings is 1. The molecule has 0 spiro atoms. The zero-order valence-electron chi connectivity index (χ0n) is 18.6. The van der Waals surface area contributed by atoms with Gasteiger partial charge in [0, 0.05) is 54.7 Å². The summed E-state index contributed by atoms with van der Waals surface area (Å²) >= 11 is 1.49. The standard InChI is InChI=1S/C23H27N5O4S/c1-30-23(29)32-20(22-24-6-12-33-22)16-3-2-7-28(14-16)21-18-5-4-17(13-19(18)25-15-26-21)27-8-10-31-11-9-27/h4-6,12-13,15-16,20H,2-3,7-11,14H2,1H3. The predicted molar refractivity (Wildman–Crippen MR) is 126 cm³/mol. The fourth-order valence-electron chi connectivity index (χ4n) is 4.63. The normalized spacial score (nSPS) is 20.0. The van der Waals surface area contributed by atoms with Crippen molar-refractivity contribution in [1.82, 2.24) is 15.0 Å². The maximum Gasteiger partial charge on any atom is 0.508 e. The third kappa shape index (κ3) is 4.72. The van der Waals surface area contributed by atoms with Crippen LogP contribution >= 0.6 is 11.3 Å². The van der Waals surface area contributed by atoms with Gasteiger partial charge in [0.15, 0.2) is 6.10 Å². The van der Waals surface area contributed by atoms with Crippen molar-refractivity contribution in [2.75, 3.05) is 56.3 Å². The molecule has 33 heavy (non-hydrogen) atoms. The molecule has 2 aliphatic heterocycles. The number of aromatic nitrogens is 3. The number of ether oxygens (including phenoxy) is 3. The predicted octanol–water partition coefficient (Wildman–Crippen LogP) is 3.66. The molecular weight excluding hydrogens is 442 g/mol. The first-order valence-corrected chi connectivity index (χ1v) is 12.1. The molecule has 2 fully saturated rings. The van der Waals surface area contributed by atoms with Crippen LogP contribution in [0.2, 0.25) is 0 Å². The monoisotopic (exact) mass is 469 g/mol. The molecule has 2 unspecified atom stereocenters. The van der Waals surface area contributed by atoms with Crippen molar-refractivity contribution in [2.24, 2.45) is 5.92 Å². The number of benzene rings is 1. The van der Waals surface area contributed by atoms with Crippen LogP contribution in [-0.4, -0.2) is 67.6 Å². The summed E-state index contributed by atoms with van der Waals surface area (Å²) < 4.78 is 15.9. The molecule has 174 valence electrons. The van der Waals surface area contributed by atoms with Gasteiger partial charge in [-0.2, -0.15) is 0 Å². The molecule has 2 aromatic heterocycles. The van der Waals surface area contributed by atoms with Gasteiger partial charge in [-0.15, -0.1) is 11.3 Å². The van der Waals surface area contributed by atoms with Crippen molar-refractivity contribution >= 4 is 39.9 Å². The summed E-state index contributed by atoms with van der Waals surface area (Å²) in [4.78, 5) is 30.1. The van der Waals surface area contributed by atoms with Crippen LogP contribution in [0.1, 0.15) is 24.0 Å². The van der Waals surface area contributed by atoms with Gasteiger partial charge in [0.2, 0.25) is 0 Å². The first-order valence-electron chi connectivity index (χ1n) is 11.2. The molecule has 10 heteroatoms. The van der Waals surface area contributed by atoms with Gasteiger partial charge < -0.3 is 24.0 Å². The van der Waals surface area contributed by atoms with E-state index in [4.69, 9.17) is 14.2 Å². The molecule has 2 aliphatic rings. The molecule has 0 N–H and O–H groups in total. The van der Waals surface area contributed by atoms with Gasteiger partial charge in [-0.25, -0.2) is 19.7 Å². The molecule has 4 heterocycles. The van der Waals surface area contributed by atoms with Crippen molar-refractivity contribution in [3.63, 3.8) is 0 Å². The third-order valence-corrected chi connectivity index (χ3v) is 7.08. The number of anilines is 2. The highest BCUT2D eigenvalue weighted by molar-refractivity contribution is 7.09. The lowest BCUT2D eigenvalue weighted by molar-refractivity contribution is 0.00844. The minimum absolute atomic E-state index is 0.0849. The van der Waals surface area contributed by atoms with Crippen LogP contribution in [0.25, 0.3) is 10.9 Å².